The summed E-state index contributed by atoms with van der Waals surface area (Å²) in [4.78, 5) is 0. The van der Waals surface area contributed by atoms with E-state index in [2.05, 4.69) is 35.2 Å². The van der Waals surface area contributed by atoms with Crippen LogP contribution in [-0.4, -0.2) is 10.9 Å². The molecule has 0 heterocycles. The van der Waals surface area contributed by atoms with Crippen molar-refractivity contribution < 1.29 is 5.21 Å². The lowest BCUT2D eigenvalue weighted by Gasteiger charge is -2.19. The van der Waals surface area contributed by atoms with Gasteiger partial charge in [-0.15, -0.1) is 5.92 Å². The Labute approximate surface area is 89.4 Å². The lowest BCUT2D eigenvalue weighted by atomic mass is 9.84. The first-order valence-corrected chi connectivity index (χ1v) is 5.40. The molecule has 0 aromatic carbocycles. The van der Waals surface area contributed by atoms with Gasteiger partial charge in [0.1, 0.15) is 0 Å². The van der Waals surface area contributed by atoms with Crippen LogP contribution in [0.2, 0.25) is 0 Å². The molecule has 0 aromatic heterocycles. The van der Waals surface area contributed by atoms with E-state index in [1.54, 1.807) is 0 Å². The Bertz CT molecular complexity index is 447. The van der Waals surface area contributed by atoms with Crippen molar-refractivity contribution in [3.05, 3.63) is 23.8 Å². The molecule has 4 unspecified atom stereocenters. The summed E-state index contributed by atoms with van der Waals surface area (Å²) in [5, 5.41) is 12.6. The molecule has 2 heteroatoms. The second kappa shape index (κ2) is 3.00. The third-order valence-corrected chi connectivity index (χ3v) is 3.84. The van der Waals surface area contributed by atoms with Crippen LogP contribution in [0, 0.1) is 35.5 Å². The third kappa shape index (κ3) is 1.04. The number of allylic oxidation sites excluding steroid dienone is 4. The van der Waals surface area contributed by atoms with Crippen molar-refractivity contribution in [1.29, 1.82) is 0 Å². The molecule has 2 bridgehead atoms. The van der Waals surface area contributed by atoms with Gasteiger partial charge in [-0.05, 0) is 31.1 Å². The first kappa shape index (κ1) is 8.79. The summed E-state index contributed by atoms with van der Waals surface area (Å²) in [6.45, 7) is 1.82. The molecule has 4 atom stereocenters. The highest BCUT2D eigenvalue weighted by Gasteiger charge is 2.50. The average molecular weight is 199 g/mol. The van der Waals surface area contributed by atoms with Crippen LogP contribution in [0.5, 0.6) is 0 Å². The zero-order chi connectivity index (χ0) is 10.4. The molecule has 3 aliphatic rings. The van der Waals surface area contributed by atoms with Gasteiger partial charge in [0.15, 0.2) is 0 Å². The number of rotatable bonds is 0. The van der Waals surface area contributed by atoms with Gasteiger partial charge in [0, 0.05) is 11.5 Å². The molecule has 2 nitrogen and oxygen atoms in total. The highest BCUT2D eigenvalue weighted by molar-refractivity contribution is 6.08. The van der Waals surface area contributed by atoms with E-state index >= 15 is 0 Å². The number of fused-ring (bicyclic) bond motifs is 5. The van der Waals surface area contributed by atoms with Gasteiger partial charge < -0.3 is 5.21 Å². The predicted molar refractivity (Wildman–Crippen MR) is 58.5 cm³/mol. The molecular formula is C13H13NO. The van der Waals surface area contributed by atoms with Gasteiger partial charge in [0.2, 0.25) is 0 Å². The van der Waals surface area contributed by atoms with Crippen LogP contribution < -0.4 is 0 Å². The van der Waals surface area contributed by atoms with Gasteiger partial charge in [-0.3, -0.25) is 0 Å². The number of oxime groups is 1. The van der Waals surface area contributed by atoms with Crippen molar-refractivity contribution >= 4 is 5.71 Å². The molecule has 1 N–H and O–H groups in total. The summed E-state index contributed by atoms with van der Waals surface area (Å²) in [5.74, 6) is 8.05. The lowest BCUT2D eigenvalue weighted by Crippen LogP contribution is -2.21. The van der Waals surface area contributed by atoms with Crippen LogP contribution in [0.4, 0.5) is 0 Å². The van der Waals surface area contributed by atoms with Crippen LogP contribution in [0.15, 0.2) is 29.0 Å². The molecule has 0 aromatic rings. The van der Waals surface area contributed by atoms with Crippen molar-refractivity contribution in [3.63, 3.8) is 0 Å². The molecule has 0 radical (unpaired) electrons. The summed E-state index contributed by atoms with van der Waals surface area (Å²) in [7, 11) is 0. The molecule has 0 spiro atoms. The van der Waals surface area contributed by atoms with E-state index in [-0.39, 0.29) is 0 Å². The van der Waals surface area contributed by atoms with Gasteiger partial charge in [0.25, 0.3) is 0 Å². The van der Waals surface area contributed by atoms with Crippen LogP contribution >= 0.6 is 0 Å². The van der Waals surface area contributed by atoms with Crippen molar-refractivity contribution in [1.82, 2.24) is 0 Å². The van der Waals surface area contributed by atoms with Gasteiger partial charge in [-0.25, -0.2) is 0 Å². The Hall–Kier alpha value is -1.49. The Morgan fingerprint density at radius 1 is 1.40 bits per heavy atom. The van der Waals surface area contributed by atoms with E-state index in [4.69, 9.17) is 5.21 Å². The molecule has 1 saturated carbocycles. The lowest BCUT2D eigenvalue weighted by molar-refractivity contribution is 0.312. The van der Waals surface area contributed by atoms with Gasteiger partial charge >= 0.3 is 0 Å². The summed E-state index contributed by atoms with van der Waals surface area (Å²) in [6, 6.07) is 0. The molecule has 0 amide bonds. The van der Waals surface area contributed by atoms with E-state index in [1.165, 1.54) is 6.42 Å². The molecule has 3 rings (SSSR count). The largest absolute Gasteiger partial charge is 0.411 e. The van der Waals surface area contributed by atoms with Crippen LogP contribution in [-0.2, 0) is 0 Å². The second-order valence-electron chi connectivity index (χ2n) is 4.49. The van der Waals surface area contributed by atoms with Crippen LogP contribution in [0.25, 0.3) is 0 Å². The Balaban J connectivity index is 2.04. The minimum atomic E-state index is 0.390. The molecule has 76 valence electrons. The summed E-state index contributed by atoms with van der Waals surface area (Å²) in [5.41, 5.74) is 1.75. The minimum absolute atomic E-state index is 0.390. The molecular weight excluding hydrogens is 186 g/mol. The van der Waals surface area contributed by atoms with Crippen molar-refractivity contribution in [2.45, 2.75) is 13.3 Å². The summed E-state index contributed by atoms with van der Waals surface area (Å²) >= 11 is 0. The van der Waals surface area contributed by atoms with E-state index in [0.29, 0.717) is 23.7 Å². The standard InChI is InChI=1S/C13H13NO/c1-2-3-10-7-11-8-4-5-9(6-8)12(11)13(10)14-15/h4-5,7-9,11-12,15H,6H2,1H3/b14-13+. The highest BCUT2D eigenvalue weighted by atomic mass is 16.4. The Morgan fingerprint density at radius 3 is 2.93 bits per heavy atom. The van der Waals surface area contributed by atoms with E-state index in [9.17, 15) is 0 Å². The quantitative estimate of drug-likeness (QED) is 0.276. The maximum absolute atomic E-state index is 9.09. The van der Waals surface area contributed by atoms with Crippen molar-refractivity contribution in [2.75, 3.05) is 0 Å². The number of hydrogen-bond acceptors (Lipinski definition) is 2. The monoisotopic (exact) mass is 199 g/mol. The Kier molecular flexibility index (Phi) is 1.76. The van der Waals surface area contributed by atoms with Gasteiger partial charge in [-0.2, -0.15) is 0 Å². The molecule has 0 aliphatic heterocycles. The SMILES string of the molecule is CC#CC1=CC2C3C=CC(C3)C2/C1=N/O. The molecule has 3 aliphatic carbocycles. The van der Waals surface area contributed by atoms with Gasteiger partial charge in [-0.1, -0.05) is 29.3 Å². The van der Waals surface area contributed by atoms with E-state index in [0.717, 1.165) is 11.3 Å². The van der Waals surface area contributed by atoms with Crippen LogP contribution in [0.3, 0.4) is 0 Å². The fraction of sp³-hybridized carbons (Fsp3) is 0.462. The smallest absolute Gasteiger partial charge is 0.0991 e. The van der Waals surface area contributed by atoms with Crippen molar-refractivity contribution in [2.24, 2.45) is 28.8 Å². The van der Waals surface area contributed by atoms with Gasteiger partial charge in [0.05, 0.1) is 5.71 Å². The average Bonchev–Trinajstić information content (AvgIpc) is 2.86. The molecule has 15 heavy (non-hydrogen) atoms. The fourth-order valence-corrected chi connectivity index (χ4v) is 3.29. The van der Waals surface area contributed by atoms with Crippen molar-refractivity contribution in [3.8, 4) is 11.8 Å². The zero-order valence-electron chi connectivity index (χ0n) is 8.64. The first-order valence-electron chi connectivity index (χ1n) is 5.40. The fourth-order valence-electron chi connectivity index (χ4n) is 3.29. The summed E-state index contributed by atoms with van der Waals surface area (Å²) in [6.07, 6.45) is 7.99. The predicted octanol–water partition coefficient (Wildman–Crippen LogP) is 2.22. The normalized spacial score (nSPS) is 42.7. The van der Waals surface area contributed by atoms with E-state index in [1.807, 2.05) is 6.92 Å². The Morgan fingerprint density at radius 2 is 2.20 bits per heavy atom. The maximum Gasteiger partial charge on any atom is 0.0991 e. The maximum atomic E-state index is 9.09. The third-order valence-electron chi connectivity index (χ3n) is 3.84. The highest BCUT2D eigenvalue weighted by Crippen LogP contribution is 2.53. The number of nitrogens with zero attached hydrogens (tertiary/aromatic N) is 1. The molecule has 1 fully saturated rings. The molecule has 0 saturated heterocycles. The van der Waals surface area contributed by atoms with Crippen LogP contribution in [0.1, 0.15) is 13.3 Å². The topological polar surface area (TPSA) is 32.6 Å². The number of hydrogen-bond donors (Lipinski definition) is 1. The zero-order valence-corrected chi connectivity index (χ0v) is 8.64. The minimum Gasteiger partial charge on any atom is -0.411 e. The summed E-state index contributed by atoms with van der Waals surface area (Å²) < 4.78 is 0. The first-order chi connectivity index (χ1) is 7.35. The second-order valence-corrected chi connectivity index (χ2v) is 4.49. The van der Waals surface area contributed by atoms with E-state index < -0.39 is 0 Å².